The van der Waals surface area contributed by atoms with Crippen molar-refractivity contribution in [2.45, 2.75) is 13.1 Å². The van der Waals surface area contributed by atoms with Gasteiger partial charge in [0.1, 0.15) is 17.2 Å². The molecule has 0 atom stereocenters. The maximum absolute atomic E-state index is 13.3. The molecule has 4 aromatic rings. The molecule has 4 rings (SSSR count). The van der Waals surface area contributed by atoms with Crippen molar-refractivity contribution in [2.24, 2.45) is 0 Å². The van der Waals surface area contributed by atoms with E-state index in [4.69, 9.17) is 11.6 Å². The summed E-state index contributed by atoms with van der Waals surface area (Å²) < 4.78 is 1.38. The van der Waals surface area contributed by atoms with Crippen LogP contribution in [0.2, 0.25) is 5.02 Å². The predicted molar refractivity (Wildman–Crippen MR) is 131 cm³/mol. The Labute approximate surface area is 199 Å². The zero-order valence-electron chi connectivity index (χ0n) is 17.8. The first-order valence-corrected chi connectivity index (χ1v) is 11.4. The summed E-state index contributed by atoms with van der Waals surface area (Å²) in [6.45, 7) is 0.203. The standard InChI is InChI=1S/C24H20ClN5O2S/c1-29(14-21(31)27-18-9-7-17(25)8-10-18)13-20-28-23-22(24(32)30(20)12-11-26)19(15-33-23)16-5-3-2-4-6-16/h2-10,15H,12-14H2,1H3,(H,27,31). The maximum Gasteiger partial charge on any atom is 0.263 e. The van der Waals surface area contributed by atoms with Crippen LogP contribution in [0.4, 0.5) is 5.69 Å². The molecule has 0 saturated carbocycles. The molecule has 0 saturated heterocycles. The monoisotopic (exact) mass is 477 g/mol. The molecule has 7 nitrogen and oxygen atoms in total. The number of nitrogens with zero attached hydrogens (tertiary/aromatic N) is 4. The molecule has 1 amide bonds. The molecule has 0 aliphatic heterocycles. The SMILES string of the molecule is CN(CC(=O)Nc1ccc(Cl)cc1)Cc1nc2scc(-c3ccccc3)c2c(=O)n1CC#N. The van der Waals surface area contributed by atoms with Crippen LogP contribution >= 0.6 is 22.9 Å². The van der Waals surface area contributed by atoms with Crippen molar-refractivity contribution in [3.8, 4) is 17.2 Å². The molecule has 0 radical (unpaired) electrons. The number of hydrogen-bond donors (Lipinski definition) is 1. The molecule has 2 heterocycles. The lowest BCUT2D eigenvalue weighted by molar-refractivity contribution is -0.117. The largest absolute Gasteiger partial charge is 0.325 e. The van der Waals surface area contributed by atoms with Crippen molar-refractivity contribution in [3.63, 3.8) is 0 Å². The van der Waals surface area contributed by atoms with E-state index in [0.717, 1.165) is 11.1 Å². The second-order valence-electron chi connectivity index (χ2n) is 7.50. The molecule has 1 N–H and O–H groups in total. The van der Waals surface area contributed by atoms with Crippen molar-refractivity contribution in [1.29, 1.82) is 5.26 Å². The van der Waals surface area contributed by atoms with E-state index in [-0.39, 0.29) is 31.1 Å². The summed E-state index contributed by atoms with van der Waals surface area (Å²) in [6.07, 6.45) is 0. The summed E-state index contributed by atoms with van der Waals surface area (Å²) in [6, 6.07) is 18.5. The van der Waals surface area contributed by atoms with Crippen LogP contribution < -0.4 is 10.9 Å². The van der Waals surface area contributed by atoms with Gasteiger partial charge in [-0.2, -0.15) is 5.26 Å². The van der Waals surface area contributed by atoms with Gasteiger partial charge in [-0.1, -0.05) is 41.9 Å². The highest BCUT2D eigenvalue weighted by Crippen LogP contribution is 2.31. The second kappa shape index (κ2) is 9.96. The van der Waals surface area contributed by atoms with Gasteiger partial charge >= 0.3 is 0 Å². The van der Waals surface area contributed by atoms with E-state index in [9.17, 15) is 14.9 Å². The Hall–Kier alpha value is -3.51. The summed E-state index contributed by atoms with van der Waals surface area (Å²) >= 11 is 7.27. The van der Waals surface area contributed by atoms with E-state index in [0.29, 0.717) is 26.8 Å². The highest BCUT2D eigenvalue weighted by molar-refractivity contribution is 7.17. The van der Waals surface area contributed by atoms with Crippen molar-refractivity contribution in [1.82, 2.24) is 14.5 Å². The first-order chi connectivity index (χ1) is 16.0. The van der Waals surface area contributed by atoms with Crippen LogP contribution in [-0.2, 0) is 17.9 Å². The van der Waals surface area contributed by atoms with Crippen LogP contribution in [0.1, 0.15) is 5.82 Å². The fourth-order valence-corrected chi connectivity index (χ4v) is 4.61. The number of carbonyl (C=O) groups excluding carboxylic acids is 1. The van der Waals surface area contributed by atoms with Gasteiger partial charge in [0.15, 0.2) is 0 Å². The number of amides is 1. The zero-order chi connectivity index (χ0) is 23.4. The van der Waals surface area contributed by atoms with E-state index < -0.39 is 0 Å². The quantitative estimate of drug-likeness (QED) is 0.426. The van der Waals surface area contributed by atoms with Crippen molar-refractivity contribution < 1.29 is 4.79 Å². The number of nitrogens with one attached hydrogen (secondary N) is 1. The number of likely N-dealkylation sites (N-methyl/N-ethyl adjacent to an activating group) is 1. The smallest absolute Gasteiger partial charge is 0.263 e. The molecule has 0 aliphatic carbocycles. The van der Waals surface area contributed by atoms with E-state index in [1.54, 1.807) is 36.2 Å². The molecular weight excluding hydrogens is 458 g/mol. The second-order valence-corrected chi connectivity index (χ2v) is 8.79. The third kappa shape index (κ3) is 5.12. The number of halogens is 1. The first kappa shape index (κ1) is 22.7. The van der Waals surface area contributed by atoms with Gasteiger partial charge in [0.2, 0.25) is 5.91 Å². The van der Waals surface area contributed by atoms with Crippen molar-refractivity contribution in [2.75, 3.05) is 18.9 Å². The van der Waals surface area contributed by atoms with Crippen LogP contribution in [-0.4, -0.2) is 34.0 Å². The first-order valence-electron chi connectivity index (χ1n) is 10.1. The number of nitriles is 1. The average Bonchev–Trinajstić information content (AvgIpc) is 3.22. The number of rotatable bonds is 7. The normalized spacial score (nSPS) is 11.0. The number of carbonyl (C=O) groups is 1. The van der Waals surface area contributed by atoms with Gasteiger partial charge in [0, 0.05) is 21.7 Å². The highest BCUT2D eigenvalue weighted by atomic mass is 35.5. The molecule has 0 aliphatic rings. The Balaban J connectivity index is 1.58. The Morgan fingerprint density at radius 2 is 1.94 bits per heavy atom. The van der Waals surface area contributed by atoms with Gasteiger partial charge in [-0.3, -0.25) is 19.1 Å². The lowest BCUT2D eigenvalue weighted by atomic mass is 10.1. The molecule has 9 heteroatoms. The Kier molecular flexibility index (Phi) is 6.84. The Morgan fingerprint density at radius 3 is 2.64 bits per heavy atom. The third-order valence-corrected chi connectivity index (χ3v) is 6.16. The average molecular weight is 478 g/mol. The highest BCUT2D eigenvalue weighted by Gasteiger charge is 2.18. The number of aromatic nitrogens is 2. The maximum atomic E-state index is 13.3. The molecular formula is C24H20ClN5O2S. The molecule has 0 bridgehead atoms. The number of fused-ring (bicyclic) bond motifs is 1. The summed E-state index contributed by atoms with van der Waals surface area (Å²) in [5.74, 6) is 0.231. The number of hydrogen-bond acceptors (Lipinski definition) is 6. The lowest BCUT2D eigenvalue weighted by Gasteiger charge is -2.18. The van der Waals surface area contributed by atoms with E-state index >= 15 is 0 Å². The zero-order valence-corrected chi connectivity index (χ0v) is 19.4. The van der Waals surface area contributed by atoms with Gasteiger partial charge < -0.3 is 5.32 Å². The van der Waals surface area contributed by atoms with Crippen LogP contribution in [0.3, 0.4) is 0 Å². The molecule has 0 unspecified atom stereocenters. The summed E-state index contributed by atoms with van der Waals surface area (Å²) in [5.41, 5.74) is 2.12. The Bertz CT molecular complexity index is 1390. The van der Waals surface area contributed by atoms with Crippen LogP contribution in [0.25, 0.3) is 21.3 Å². The molecule has 0 spiro atoms. The molecule has 2 aromatic heterocycles. The van der Waals surface area contributed by atoms with E-state index in [1.807, 2.05) is 35.7 Å². The minimum atomic E-state index is -0.254. The number of benzene rings is 2. The van der Waals surface area contributed by atoms with Crippen molar-refractivity contribution in [3.05, 3.63) is 81.2 Å². The van der Waals surface area contributed by atoms with Gasteiger partial charge in [-0.25, -0.2) is 4.98 Å². The lowest BCUT2D eigenvalue weighted by Crippen LogP contribution is -2.33. The third-order valence-electron chi connectivity index (χ3n) is 5.04. The number of thiophene rings is 1. The van der Waals surface area contributed by atoms with Crippen LogP contribution in [0, 0.1) is 11.3 Å². The summed E-state index contributed by atoms with van der Waals surface area (Å²) in [5, 5.41) is 15.1. The van der Waals surface area contributed by atoms with Gasteiger partial charge in [-0.05, 0) is 36.9 Å². The van der Waals surface area contributed by atoms with Gasteiger partial charge in [0.05, 0.1) is 24.5 Å². The summed E-state index contributed by atoms with van der Waals surface area (Å²) in [7, 11) is 1.76. The molecule has 0 fully saturated rings. The minimum absolute atomic E-state index is 0.0861. The van der Waals surface area contributed by atoms with Crippen molar-refractivity contribution >= 4 is 44.7 Å². The van der Waals surface area contributed by atoms with Gasteiger partial charge in [0.25, 0.3) is 5.56 Å². The fourth-order valence-electron chi connectivity index (χ4n) is 3.53. The predicted octanol–water partition coefficient (Wildman–Crippen LogP) is 4.37. The fraction of sp³-hybridized carbons (Fsp3) is 0.167. The Morgan fingerprint density at radius 1 is 1.21 bits per heavy atom. The number of anilines is 1. The van der Waals surface area contributed by atoms with E-state index in [2.05, 4.69) is 16.4 Å². The van der Waals surface area contributed by atoms with Gasteiger partial charge in [-0.15, -0.1) is 11.3 Å². The van der Waals surface area contributed by atoms with E-state index in [1.165, 1.54) is 15.9 Å². The molecule has 33 heavy (non-hydrogen) atoms. The molecule has 2 aromatic carbocycles. The van der Waals surface area contributed by atoms with Crippen LogP contribution in [0.5, 0.6) is 0 Å². The molecule has 166 valence electrons. The van der Waals surface area contributed by atoms with Crippen LogP contribution in [0.15, 0.2) is 64.8 Å². The summed E-state index contributed by atoms with van der Waals surface area (Å²) in [4.78, 5) is 32.8. The topological polar surface area (TPSA) is 91.0 Å². The minimum Gasteiger partial charge on any atom is -0.325 e.